The van der Waals surface area contributed by atoms with Crippen molar-refractivity contribution in [1.82, 2.24) is 0 Å². The third-order valence-corrected chi connectivity index (χ3v) is 2.04. The van der Waals surface area contributed by atoms with Crippen LogP contribution in [0.1, 0.15) is 11.7 Å². The van der Waals surface area contributed by atoms with Crippen molar-refractivity contribution in [3.8, 4) is 11.5 Å². The molecule has 1 aromatic rings. The minimum absolute atomic E-state index is 0.205. The zero-order valence-corrected chi connectivity index (χ0v) is 8.64. The van der Waals surface area contributed by atoms with Gasteiger partial charge < -0.3 is 14.6 Å². The zero-order chi connectivity index (χ0) is 11.3. The van der Waals surface area contributed by atoms with E-state index in [4.69, 9.17) is 9.47 Å². The first-order valence-corrected chi connectivity index (χ1v) is 4.42. The quantitative estimate of drug-likeness (QED) is 0.749. The van der Waals surface area contributed by atoms with Crippen molar-refractivity contribution >= 4 is 0 Å². The molecule has 15 heavy (non-hydrogen) atoms. The lowest BCUT2D eigenvalue weighted by atomic mass is 10.1. The molecule has 0 fully saturated rings. The van der Waals surface area contributed by atoms with Gasteiger partial charge in [-0.3, -0.25) is 0 Å². The summed E-state index contributed by atoms with van der Waals surface area (Å²) in [7, 11) is 3.02. The number of aliphatic hydroxyl groups excluding tert-OH is 1. The fraction of sp³-hybridized carbons (Fsp3) is 0.400. The Morgan fingerprint density at radius 2 is 2.13 bits per heavy atom. The summed E-state index contributed by atoms with van der Waals surface area (Å²) in [5.41, 5.74) is 0.497. The highest BCUT2D eigenvalue weighted by atomic mass is 16.5. The fourth-order valence-corrected chi connectivity index (χ4v) is 1.27. The van der Waals surface area contributed by atoms with Crippen LogP contribution in [0.15, 0.2) is 23.4 Å². The van der Waals surface area contributed by atoms with E-state index < -0.39 is 6.10 Å². The summed E-state index contributed by atoms with van der Waals surface area (Å²) >= 11 is 0. The number of aliphatic hydroxyl groups is 1. The highest BCUT2D eigenvalue weighted by Crippen LogP contribution is 2.29. The van der Waals surface area contributed by atoms with Gasteiger partial charge in [0, 0.05) is 5.56 Å². The van der Waals surface area contributed by atoms with E-state index in [1.54, 1.807) is 18.2 Å². The normalized spacial score (nSPS) is 11.9. The molecule has 0 spiro atoms. The van der Waals surface area contributed by atoms with Crippen molar-refractivity contribution in [2.45, 2.75) is 6.10 Å². The van der Waals surface area contributed by atoms with E-state index in [2.05, 4.69) is 5.18 Å². The van der Waals surface area contributed by atoms with Crippen LogP contribution < -0.4 is 9.47 Å². The second-order valence-electron chi connectivity index (χ2n) is 2.94. The Bertz CT molecular complexity index is 340. The molecule has 0 heterocycles. The zero-order valence-electron chi connectivity index (χ0n) is 8.64. The van der Waals surface area contributed by atoms with Crippen molar-refractivity contribution in [1.29, 1.82) is 0 Å². The van der Waals surface area contributed by atoms with E-state index in [1.165, 1.54) is 14.2 Å². The van der Waals surface area contributed by atoms with Crippen molar-refractivity contribution < 1.29 is 14.6 Å². The summed E-state index contributed by atoms with van der Waals surface area (Å²) in [6, 6.07) is 5.00. The predicted molar refractivity (Wildman–Crippen MR) is 55.2 cm³/mol. The molecule has 1 atom stereocenters. The lowest BCUT2D eigenvalue weighted by Crippen LogP contribution is -2.04. The molecule has 1 N–H and O–H groups in total. The highest BCUT2D eigenvalue weighted by Gasteiger charge is 2.14. The maximum atomic E-state index is 10.1. The van der Waals surface area contributed by atoms with Crippen LogP contribution in [0.3, 0.4) is 0 Å². The van der Waals surface area contributed by atoms with Gasteiger partial charge in [-0.2, -0.15) is 4.91 Å². The Hall–Kier alpha value is -1.62. The topological polar surface area (TPSA) is 68.1 Å². The van der Waals surface area contributed by atoms with Crippen LogP contribution in [-0.4, -0.2) is 25.9 Å². The SMILES string of the molecule is COc1ccc(OC)c(C(O)CN=O)c1. The highest BCUT2D eigenvalue weighted by molar-refractivity contribution is 5.41. The molecule has 0 aliphatic carbocycles. The molecule has 0 saturated heterocycles. The minimum Gasteiger partial charge on any atom is -0.497 e. The summed E-state index contributed by atoms with van der Waals surface area (Å²) in [6.45, 7) is -0.205. The molecule has 1 unspecified atom stereocenters. The Balaban J connectivity index is 3.04. The van der Waals surface area contributed by atoms with E-state index >= 15 is 0 Å². The lowest BCUT2D eigenvalue weighted by molar-refractivity contribution is 0.182. The first-order chi connectivity index (χ1) is 7.22. The molecule has 0 radical (unpaired) electrons. The molecule has 0 saturated carbocycles. The number of hydrogen-bond donors (Lipinski definition) is 1. The van der Waals surface area contributed by atoms with E-state index in [-0.39, 0.29) is 6.54 Å². The average Bonchev–Trinajstić information content (AvgIpc) is 2.28. The first kappa shape index (κ1) is 11.5. The van der Waals surface area contributed by atoms with Gasteiger partial charge in [0.15, 0.2) is 0 Å². The Kier molecular flexibility index (Phi) is 4.05. The van der Waals surface area contributed by atoms with Gasteiger partial charge in [-0.25, -0.2) is 0 Å². The van der Waals surface area contributed by atoms with Crippen molar-refractivity contribution in [2.75, 3.05) is 20.8 Å². The van der Waals surface area contributed by atoms with Gasteiger partial charge in [0.05, 0.1) is 14.2 Å². The van der Waals surface area contributed by atoms with Gasteiger partial charge in [0.2, 0.25) is 0 Å². The van der Waals surface area contributed by atoms with Crippen LogP contribution in [0.25, 0.3) is 0 Å². The molecule has 0 aliphatic heterocycles. The van der Waals surface area contributed by atoms with E-state index in [0.29, 0.717) is 17.1 Å². The molecule has 0 amide bonds. The van der Waals surface area contributed by atoms with Crippen LogP contribution >= 0.6 is 0 Å². The second kappa shape index (κ2) is 5.31. The summed E-state index contributed by atoms with van der Waals surface area (Å²) < 4.78 is 10.1. The average molecular weight is 211 g/mol. The molecular formula is C10H13NO4. The third kappa shape index (κ3) is 2.66. The number of nitroso groups, excluding NO2 is 1. The molecule has 0 bridgehead atoms. The summed E-state index contributed by atoms with van der Waals surface area (Å²) in [5, 5.41) is 12.3. The summed E-state index contributed by atoms with van der Waals surface area (Å²) in [5.74, 6) is 1.10. The Morgan fingerprint density at radius 3 is 2.67 bits per heavy atom. The van der Waals surface area contributed by atoms with Crippen LogP contribution in [0.4, 0.5) is 0 Å². The predicted octanol–water partition coefficient (Wildman–Crippen LogP) is 1.50. The van der Waals surface area contributed by atoms with E-state index in [0.717, 1.165) is 0 Å². The van der Waals surface area contributed by atoms with Crippen LogP contribution in [-0.2, 0) is 0 Å². The number of ether oxygens (including phenoxy) is 2. The molecular weight excluding hydrogens is 198 g/mol. The molecule has 0 aliphatic rings. The van der Waals surface area contributed by atoms with Crippen LogP contribution in [0.2, 0.25) is 0 Å². The van der Waals surface area contributed by atoms with E-state index in [9.17, 15) is 10.0 Å². The van der Waals surface area contributed by atoms with E-state index in [1.807, 2.05) is 0 Å². The Labute approximate surface area is 87.6 Å². The molecule has 1 rings (SSSR count). The monoisotopic (exact) mass is 211 g/mol. The van der Waals surface area contributed by atoms with Gasteiger partial charge in [-0.05, 0) is 18.2 Å². The lowest BCUT2D eigenvalue weighted by Gasteiger charge is -2.13. The largest absolute Gasteiger partial charge is 0.497 e. The number of nitrogens with zero attached hydrogens (tertiary/aromatic N) is 1. The smallest absolute Gasteiger partial charge is 0.125 e. The van der Waals surface area contributed by atoms with Crippen molar-refractivity contribution in [3.63, 3.8) is 0 Å². The molecule has 5 nitrogen and oxygen atoms in total. The maximum absolute atomic E-state index is 10.1. The van der Waals surface area contributed by atoms with Gasteiger partial charge in [0.1, 0.15) is 24.1 Å². The van der Waals surface area contributed by atoms with Crippen molar-refractivity contribution in [2.24, 2.45) is 5.18 Å². The van der Waals surface area contributed by atoms with Gasteiger partial charge >= 0.3 is 0 Å². The molecule has 1 aromatic carbocycles. The molecule has 82 valence electrons. The van der Waals surface area contributed by atoms with Gasteiger partial charge in [-0.1, -0.05) is 5.18 Å². The number of rotatable bonds is 5. The van der Waals surface area contributed by atoms with Crippen LogP contribution in [0.5, 0.6) is 11.5 Å². The second-order valence-corrected chi connectivity index (χ2v) is 2.94. The number of hydrogen-bond acceptors (Lipinski definition) is 5. The minimum atomic E-state index is -0.965. The molecule has 0 aromatic heterocycles. The van der Waals surface area contributed by atoms with Gasteiger partial charge in [0.25, 0.3) is 0 Å². The summed E-state index contributed by atoms with van der Waals surface area (Å²) in [4.78, 5) is 10.1. The Morgan fingerprint density at radius 1 is 1.40 bits per heavy atom. The molecule has 5 heteroatoms. The summed E-state index contributed by atoms with van der Waals surface area (Å²) in [6.07, 6.45) is -0.965. The first-order valence-electron chi connectivity index (χ1n) is 4.42. The standard InChI is InChI=1S/C10H13NO4/c1-14-7-3-4-10(15-2)8(5-7)9(12)6-11-13/h3-5,9,12H,6H2,1-2H3. The number of methoxy groups -OCH3 is 2. The third-order valence-electron chi connectivity index (χ3n) is 2.04. The van der Waals surface area contributed by atoms with Crippen molar-refractivity contribution in [3.05, 3.63) is 28.7 Å². The number of benzene rings is 1. The maximum Gasteiger partial charge on any atom is 0.125 e. The fourth-order valence-electron chi connectivity index (χ4n) is 1.27. The van der Waals surface area contributed by atoms with Gasteiger partial charge in [-0.15, -0.1) is 0 Å². The van der Waals surface area contributed by atoms with Crippen LogP contribution in [0, 0.1) is 4.91 Å².